The van der Waals surface area contributed by atoms with Crippen LogP contribution in [0.5, 0.6) is 0 Å². The molecule has 0 rings (SSSR count). The van der Waals surface area contributed by atoms with Crippen molar-refractivity contribution in [3.63, 3.8) is 0 Å². The van der Waals surface area contributed by atoms with Crippen molar-refractivity contribution in [2.45, 2.75) is 187 Å². The van der Waals surface area contributed by atoms with E-state index in [0.29, 0.717) is 17.4 Å². The summed E-state index contributed by atoms with van der Waals surface area (Å²) in [5, 5.41) is 0. The van der Waals surface area contributed by atoms with E-state index in [-0.39, 0.29) is 25.8 Å². The summed E-state index contributed by atoms with van der Waals surface area (Å²) in [6, 6.07) is 0. The summed E-state index contributed by atoms with van der Waals surface area (Å²) >= 11 is 0. The Morgan fingerprint density at radius 1 is 0.620 bits per heavy atom. The number of carbonyl (C=O) groups excluding carboxylic acids is 1. The van der Waals surface area contributed by atoms with Crippen LogP contribution in [0.15, 0.2) is 24.5 Å². The average Bonchev–Trinajstić information content (AvgIpc) is 3.06. The van der Waals surface area contributed by atoms with E-state index in [4.69, 9.17) is 18.5 Å². The van der Waals surface area contributed by atoms with Gasteiger partial charge in [0.2, 0.25) is 0 Å². The van der Waals surface area contributed by atoms with Gasteiger partial charge in [0, 0.05) is 6.42 Å². The molecule has 0 fully saturated rings. The third-order valence-electron chi connectivity index (χ3n) is 8.85. The van der Waals surface area contributed by atoms with Gasteiger partial charge in [0.1, 0.15) is 19.8 Å². The number of unbranched alkanes of at least 4 members (excludes halogenated alkanes) is 22. The van der Waals surface area contributed by atoms with E-state index in [2.05, 4.69) is 26.0 Å². The number of carbonyl (C=O) groups is 1. The molecule has 0 saturated heterocycles. The van der Waals surface area contributed by atoms with Crippen LogP contribution >= 0.6 is 7.82 Å². The third-order valence-corrected chi connectivity index (χ3v) is 9.84. The number of likely N-dealkylation sites (N-methyl/N-ethyl adjacent to an activating group) is 1. The smallest absolute Gasteiger partial charge is 0.472 e. The van der Waals surface area contributed by atoms with Crippen molar-refractivity contribution in [2.75, 3.05) is 47.5 Å². The first-order valence-corrected chi connectivity index (χ1v) is 22.1. The van der Waals surface area contributed by atoms with Crippen LogP contribution in [-0.2, 0) is 27.9 Å². The molecule has 296 valence electrons. The summed E-state index contributed by atoms with van der Waals surface area (Å²) in [5.74, 6) is -0.279. The van der Waals surface area contributed by atoms with Crippen LogP contribution in [0.2, 0.25) is 0 Å². The number of hydrogen-bond donors (Lipinski definition) is 1. The third kappa shape index (κ3) is 38.1. The van der Waals surface area contributed by atoms with E-state index in [1.807, 2.05) is 27.2 Å². The van der Waals surface area contributed by atoms with Crippen LogP contribution in [0.1, 0.15) is 181 Å². The van der Waals surface area contributed by atoms with Gasteiger partial charge in [0.05, 0.1) is 34.0 Å². The zero-order chi connectivity index (χ0) is 37.0. The Hall–Kier alpha value is -1.18. The summed E-state index contributed by atoms with van der Waals surface area (Å²) in [6.07, 6.45) is 38.8. The van der Waals surface area contributed by atoms with Crippen molar-refractivity contribution in [1.82, 2.24) is 0 Å². The molecule has 0 aliphatic rings. The molecular formula is C41H81NO7P+. The Balaban J connectivity index is 4.33. The number of phosphoric acid groups is 1. The van der Waals surface area contributed by atoms with Crippen LogP contribution < -0.4 is 0 Å². The molecule has 0 aromatic carbocycles. The number of allylic oxidation sites excluding steroid dienone is 3. The number of phosphoric ester groups is 1. The lowest BCUT2D eigenvalue weighted by Gasteiger charge is -2.24. The molecule has 0 bridgehead atoms. The van der Waals surface area contributed by atoms with Gasteiger partial charge in [-0.05, 0) is 51.0 Å². The van der Waals surface area contributed by atoms with Crippen molar-refractivity contribution in [3.05, 3.63) is 24.5 Å². The van der Waals surface area contributed by atoms with E-state index in [9.17, 15) is 14.3 Å². The van der Waals surface area contributed by atoms with Gasteiger partial charge in [-0.2, -0.15) is 0 Å². The molecule has 0 aliphatic heterocycles. The maximum absolute atomic E-state index is 12.4. The van der Waals surface area contributed by atoms with E-state index < -0.39 is 13.9 Å². The van der Waals surface area contributed by atoms with Gasteiger partial charge in [0.15, 0.2) is 6.10 Å². The van der Waals surface area contributed by atoms with Gasteiger partial charge in [-0.1, -0.05) is 142 Å². The Morgan fingerprint density at radius 2 is 1.06 bits per heavy atom. The van der Waals surface area contributed by atoms with Crippen molar-refractivity contribution in [3.8, 4) is 0 Å². The lowest BCUT2D eigenvalue weighted by Crippen LogP contribution is -2.37. The van der Waals surface area contributed by atoms with Crippen molar-refractivity contribution in [2.24, 2.45) is 0 Å². The van der Waals surface area contributed by atoms with Crippen LogP contribution in [0.4, 0.5) is 0 Å². The number of ether oxygens (including phenoxy) is 2. The van der Waals surface area contributed by atoms with E-state index in [1.165, 1.54) is 116 Å². The lowest BCUT2D eigenvalue weighted by atomic mass is 10.0. The first-order valence-electron chi connectivity index (χ1n) is 20.6. The Kier molecular flexibility index (Phi) is 34.1. The molecule has 1 N–H and O–H groups in total. The quantitative estimate of drug-likeness (QED) is 0.0169. The summed E-state index contributed by atoms with van der Waals surface area (Å²) in [6.45, 7) is 4.89. The highest BCUT2D eigenvalue weighted by Crippen LogP contribution is 2.43. The largest absolute Gasteiger partial charge is 0.492 e. The fourth-order valence-corrected chi connectivity index (χ4v) is 6.27. The predicted molar refractivity (Wildman–Crippen MR) is 210 cm³/mol. The van der Waals surface area contributed by atoms with Gasteiger partial charge in [0.25, 0.3) is 0 Å². The van der Waals surface area contributed by atoms with E-state index in [1.54, 1.807) is 6.26 Å². The number of esters is 1. The van der Waals surface area contributed by atoms with Gasteiger partial charge < -0.3 is 18.9 Å². The molecule has 9 heteroatoms. The minimum absolute atomic E-state index is 0.0489. The fraction of sp³-hybridized carbons (Fsp3) is 0.878. The van der Waals surface area contributed by atoms with Crippen LogP contribution in [-0.4, -0.2) is 69.0 Å². The molecule has 2 unspecified atom stereocenters. The maximum Gasteiger partial charge on any atom is 0.472 e. The number of nitrogens with zero attached hydrogens (tertiary/aromatic N) is 1. The molecule has 0 heterocycles. The second kappa shape index (κ2) is 34.9. The monoisotopic (exact) mass is 731 g/mol. The van der Waals surface area contributed by atoms with Crippen molar-refractivity contribution in [1.29, 1.82) is 0 Å². The zero-order valence-electron chi connectivity index (χ0n) is 33.4. The first-order chi connectivity index (χ1) is 24.1. The SMILES string of the molecule is CCCCCCCC/C=C\CCCCCC/C=C\OC(COC(=O)CCCCCCCCCCCCCC)COP(=O)(O)OCC[N+](C)(C)C. The number of quaternary nitrogens is 1. The van der Waals surface area contributed by atoms with Gasteiger partial charge >= 0.3 is 13.8 Å². The molecule has 0 saturated carbocycles. The van der Waals surface area contributed by atoms with Crippen LogP contribution in [0, 0.1) is 0 Å². The predicted octanol–water partition coefficient (Wildman–Crippen LogP) is 12.0. The summed E-state index contributed by atoms with van der Waals surface area (Å²) in [7, 11) is 1.67. The second-order valence-electron chi connectivity index (χ2n) is 15.1. The van der Waals surface area contributed by atoms with E-state index in [0.717, 1.165) is 44.9 Å². The van der Waals surface area contributed by atoms with Gasteiger partial charge in [-0.25, -0.2) is 4.57 Å². The molecule has 0 radical (unpaired) electrons. The fourth-order valence-electron chi connectivity index (χ4n) is 5.53. The molecule has 0 aromatic rings. The Bertz CT molecular complexity index is 858. The minimum Gasteiger partial charge on any atom is -0.492 e. The molecule has 0 amide bonds. The molecule has 2 atom stereocenters. The standard InChI is InChI=1S/C41H80NO7P/c1-6-8-10-12-14-16-18-20-21-22-23-25-27-29-31-33-36-46-40(39-49-50(44,45)48-37-35-42(3,4)5)38-47-41(43)34-32-30-28-26-24-19-17-15-13-11-9-7-2/h20-21,33,36,40H,6-19,22-32,34-35,37-39H2,1-5H3/p+1/b21-20-,36-33-. The zero-order valence-corrected chi connectivity index (χ0v) is 34.3. The lowest BCUT2D eigenvalue weighted by molar-refractivity contribution is -0.870. The van der Waals surface area contributed by atoms with Crippen LogP contribution in [0.25, 0.3) is 0 Å². The molecule has 50 heavy (non-hydrogen) atoms. The molecular weight excluding hydrogens is 649 g/mol. The van der Waals surface area contributed by atoms with Crippen LogP contribution in [0.3, 0.4) is 0 Å². The summed E-state index contributed by atoms with van der Waals surface area (Å²) < 4.78 is 34.7. The van der Waals surface area contributed by atoms with Gasteiger partial charge in [-0.15, -0.1) is 0 Å². The molecule has 0 spiro atoms. The highest BCUT2D eigenvalue weighted by molar-refractivity contribution is 7.47. The average molecular weight is 731 g/mol. The summed E-state index contributed by atoms with van der Waals surface area (Å²) in [4.78, 5) is 22.6. The normalized spacial score (nSPS) is 14.0. The van der Waals surface area contributed by atoms with Crippen molar-refractivity contribution >= 4 is 13.8 Å². The topological polar surface area (TPSA) is 91.3 Å². The molecule has 0 aliphatic carbocycles. The van der Waals surface area contributed by atoms with Crippen molar-refractivity contribution < 1.29 is 37.3 Å². The molecule has 0 aromatic heterocycles. The van der Waals surface area contributed by atoms with Gasteiger partial charge in [-0.3, -0.25) is 13.8 Å². The second-order valence-corrected chi connectivity index (χ2v) is 16.5. The maximum atomic E-state index is 12.4. The minimum atomic E-state index is -4.26. The van der Waals surface area contributed by atoms with E-state index >= 15 is 0 Å². The molecule has 8 nitrogen and oxygen atoms in total. The summed E-state index contributed by atoms with van der Waals surface area (Å²) in [5.41, 5.74) is 0. The number of hydrogen-bond acceptors (Lipinski definition) is 6. The highest BCUT2D eigenvalue weighted by Gasteiger charge is 2.25. The first kappa shape index (κ1) is 48.8. The Labute approximate surface area is 309 Å². The highest BCUT2D eigenvalue weighted by atomic mass is 31.2. The Morgan fingerprint density at radius 3 is 1.54 bits per heavy atom. The number of rotatable bonds is 38.